The molecule has 0 aliphatic carbocycles. The summed E-state index contributed by atoms with van der Waals surface area (Å²) in [5, 5.41) is 19.0. The summed E-state index contributed by atoms with van der Waals surface area (Å²) in [6, 6.07) is 11.7. The maximum absolute atomic E-state index is 12.2. The van der Waals surface area contributed by atoms with Gasteiger partial charge in [-0.25, -0.2) is 13.8 Å². The van der Waals surface area contributed by atoms with E-state index in [-0.39, 0.29) is 31.2 Å². The zero-order valence-electron chi connectivity index (χ0n) is 22.2. The van der Waals surface area contributed by atoms with Crippen LogP contribution in [0.4, 0.5) is 8.78 Å². The Kier molecular flexibility index (Phi) is 16.5. The molecule has 1 unspecified atom stereocenters. The van der Waals surface area contributed by atoms with Crippen LogP contribution in [0, 0.1) is 18.6 Å². The number of aliphatic hydroxyl groups excluding tert-OH is 1. The van der Waals surface area contributed by atoms with E-state index in [4.69, 9.17) is 0 Å². The molecule has 0 saturated heterocycles. The van der Waals surface area contributed by atoms with E-state index in [0.717, 1.165) is 12.5 Å². The Bertz CT molecular complexity index is 1020. The third-order valence-electron chi connectivity index (χ3n) is 5.11. The number of nitrogens with zero attached hydrogens (tertiary/aromatic N) is 1. The number of nitrogens with one attached hydrogen (secondary N) is 3. The van der Waals surface area contributed by atoms with Crippen molar-refractivity contribution in [2.45, 2.75) is 52.2 Å². The molecule has 208 valence electrons. The van der Waals surface area contributed by atoms with Crippen LogP contribution in [-0.4, -0.2) is 47.5 Å². The number of hydrogen-bond donors (Lipinski definition) is 4. The molecule has 0 heterocycles. The van der Waals surface area contributed by atoms with Crippen molar-refractivity contribution in [3.63, 3.8) is 0 Å². The number of amides is 2. The van der Waals surface area contributed by atoms with Crippen LogP contribution in [0.5, 0.6) is 0 Å². The summed E-state index contributed by atoms with van der Waals surface area (Å²) in [7, 11) is 0. The third-order valence-corrected chi connectivity index (χ3v) is 5.70. The van der Waals surface area contributed by atoms with Crippen molar-refractivity contribution in [2.75, 3.05) is 19.3 Å². The summed E-state index contributed by atoms with van der Waals surface area (Å²) in [5.41, 5.74) is 3.05. The fraction of sp³-hybridized carbons (Fsp3) is 0.393. The molecule has 38 heavy (non-hydrogen) atoms. The first-order valence-electron chi connectivity index (χ1n) is 12.3. The predicted molar refractivity (Wildman–Crippen MR) is 151 cm³/mol. The fourth-order valence-corrected chi connectivity index (χ4v) is 3.63. The van der Waals surface area contributed by atoms with Crippen LogP contribution in [0.2, 0.25) is 0 Å². The van der Waals surface area contributed by atoms with E-state index in [1.165, 1.54) is 41.2 Å². The quantitative estimate of drug-likeness (QED) is 0.235. The van der Waals surface area contributed by atoms with Crippen LogP contribution in [0.15, 0.2) is 60.2 Å². The fourth-order valence-electron chi connectivity index (χ4n) is 3.24. The molecule has 0 spiro atoms. The first-order chi connectivity index (χ1) is 18.2. The van der Waals surface area contributed by atoms with Crippen LogP contribution in [0.3, 0.4) is 0 Å². The topological polar surface area (TPSA) is 103 Å². The number of hydrogen-bond acceptors (Lipinski definition) is 6. The zero-order chi connectivity index (χ0) is 28.3. The maximum Gasteiger partial charge on any atom is 0.225 e. The van der Waals surface area contributed by atoms with Crippen LogP contribution in [0.1, 0.15) is 42.9 Å². The standard InChI is InChI=1S/C21H32N4O3S.C7H6F2/c1-4-16-8-6-9-17(12-16)13-22-14-18(26)15-24-19(27)10-7-11-20(28)25-21(29-3)23-5-2;1-5-2-6(8)4-7(9)3-5/h5-6,8-9,12,18,22,26H,2,4,7,10-11,13-15H2,1,3H3,(H,24,27)(H,23,25,28);2-4H,1H3. The summed E-state index contributed by atoms with van der Waals surface area (Å²) in [6.45, 7) is 8.48. The second kappa shape index (κ2) is 19.1. The number of amidine groups is 1. The van der Waals surface area contributed by atoms with Crippen LogP contribution in [0.25, 0.3) is 0 Å². The average Bonchev–Trinajstić information content (AvgIpc) is 2.87. The van der Waals surface area contributed by atoms with Gasteiger partial charge in [-0.3, -0.25) is 9.59 Å². The first kappa shape index (κ1) is 32.9. The Hall–Kier alpha value is -3.08. The van der Waals surface area contributed by atoms with Gasteiger partial charge in [0, 0.05) is 44.7 Å². The second-order valence-electron chi connectivity index (χ2n) is 8.43. The van der Waals surface area contributed by atoms with Crippen molar-refractivity contribution >= 4 is 28.7 Å². The zero-order valence-corrected chi connectivity index (χ0v) is 23.0. The Labute approximate surface area is 228 Å². The summed E-state index contributed by atoms with van der Waals surface area (Å²) < 4.78 is 24.4. The molecule has 2 aromatic rings. The predicted octanol–water partition coefficient (Wildman–Crippen LogP) is 4.24. The van der Waals surface area contributed by atoms with E-state index in [2.05, 4.69) is 46.6 Å². The number of benzene rings is 2. The minimum absolute atomic E-state index is 0.176. The van der Waals surface area contributed by atoms with Gasteiger partial charge in [-0.1, -0.05) is 49.5 Å². The van der Waals surface area contributed by atoms with Crippen LogP contribution < -0.4 is 16.0 Å². The van der Waals surface area contributed by atoms with Crippen LogP contribution in [-0.2, 0) is 22.6 Å². The number of aliphatic hydroxyl groups is 1. The summed E-state index contributed by atoms with van der Waals surface area (Å²) in [6.07, 6.45) is 4.37. The molecule has 0 radical (unpaired) electrons. The molecule has 7 nitrogen and oxygen atoms in total. The van der Waals surface area contributed by atoms with E-state index in [1.54, 1.807) is 13.2 Å². The molecule has 2 aromatic carbocycles. The van der Waals surface area contributed by atoms with Crippen molar-refractivity contribution < 1.29 is 23.5 Å². The molecule has 0 saturated carbocycles. The average molecular weight is 549 g/mol. The number of aryl methyl sites for hydroxylation is 2. The smallest absolute Gasteiger partial charge is 0.225 e. The van der Waals surface area contributed by atoms with Gasteiger partial charge in [0.05, 0.1) is 6.10 Å². The molecule has 0 fully saturated rings. The number of carbonyl (C=O) groups is 2. The minimum Gasteiger partial charge on any atom is -0.390 e. The lowest BCUT2D eigenvalue weighted by Crippen LogP contribution is -2.38. The highest BCUT2D eigenvalue weighted by Crippen LogP contribution is 2.06. The lowest BCUT2D eigenvalue weighted by Gasteiger charge is -2.13. The van der Waals surface area contributed by atoms with Gasteiger partial charge in [-0.2, -0.15) is 0 Å². The van der Waals surface area contributed by atoms with Crippen LogP contribution >= 0.6 is 11.8 Å². The molecular weight excluding hydrogens is 510 g/mol. The Morgan fingerprint density at radius 2 is 1.74 bits per heavy atom. The second-order valence-corrected chi connectivity index (χ2v) is 9.23. The van der Waals surface area contributed by atoms with Gasteiger partial charge >= 0.3 is 0 Å². The van der Waals surface area contributed by atoms with Gasteiger partial charge in [0.25, 0.3) is 0 Å². The number of rotatable bonds is 12. The van der Waals surface area contributed by atoms with E-state index in [0.29, 0.717) is 30.2 Å². The monoisotopic (exact) mass is 548 g/mol. The highest BCUT2D eigenvalue weighted by Gasteiger charge is 2.09. The molecule has 4 N–H and O–H groups in total. The lowest BCUT2D eigenvalue weighted by atomic mass is 10.1. The van der Waals surface area contributed by atoms with Crippen molar-refractivity contribution in [3.05, 3.63) is 83.6 Å². The molecule has 10 heteroatoms. The normalized spacial score (nSPS) is 11.7. The highest BCUT2D eigenvalue weighted by atomic mass is 32.2. The Morgan fingerprint density at radius 3 is 2.34 bits per heavy atom. The molecule has 0 aliphatic heterocycles. The van der Waals surface area contributed by atoms with Gasteiger partial charge in [0.2, 0.25) is 11.8 Å². The SMILES string of the molecule is C=CN=C(NC(=O)CCCC(=O)NCC(O)CNCc1cccc(CC)c1)SC.Cc1cc(F)cc(F)c1. The minimum atomic E-state index is -0.671. The Balaban J connectivity index is 0.000000671. The van der Waals surface area contributed by atoms with Gasteiger partial charge in [-0.05, 0) is 54.8 Å². The maximum atomic E-state index is 12.2. The van der Waals surface area contributed by atoms with Gasteiger partial charge in [0.1, 0.15) is 11.6 Å². The molecule has 2 amide bonds. The summed E-state index contributed by atoms with van der Waals surface area (Å²) in [5.74, 6) is -1.42. The van der Waals surface area contributed by atoms with Gasteiger partial charge < -0.3 is 21.1 Å². The third kappa shape index (κ3) is 15.2. The summed E-state index contributed by atoms with van der Waals surface area (Å²) >= 11 is 1.31. The molecule has 0 bridgehead atoms. The molecular formula is C28H38F2N4O3S. The number of halogens is 2. The van der Waals surface area contributed by atoms with E-state index in [1.807, 2.05) is 12.1 Å². The largest absolute Gasteiger partial charge is 0.390 e. The van der Waals surface area contributed by atoms with E-state index < -0.39 is 17.7 Å². The lowest BCUT2D eigenvalue weighted by molar-refractivity contribution is -0.122. The van der Waals surface area contributed by atoms with Crippen molar-refractivity contribution in [1.82, 2.24) is 16.0 Å². The van der Waals surface area contributed by atoms with E-state index in [9.17, 15) is 23.5 Å². The Morgan fingerprint density at radius 1 is 1.08 bits per heavy atom. The van der Waals surface area contributed by atoms with Gasteiger partial charge in [-0.15, -0.1) is 0 Å². The summed E-state index contributed by atoms with van der Waals surface area (Å²) in [4.78, 5) is 27.6. The highest BCUT2D eigenvalue weighted by molar-refractivity contribution is 8.13. The van der Waals surface area contributed by atoms with Crippen molar-refractivity contribution in [3.8, 4) is 0 Å². The first-order valence-corrected chi connectivity index (χ1v) is 13.6. The number of thioether (sulfide) groups is 1. The van der Waals surface area contributed by atoms with Gasteiger partial charge in [0.15, 0.2) is 5.17 Å². The number of carbonyl (C=O) groups excluding carboxylic acids is 2. The number of aliphatic imine (C=N–C) groups is 1. The van der Waals surface area contributed by atoms with Crippen molar-refractivity contribution in [1.29, 1.82) is 0 Å². The molecule has 0 aliphatic rings. The van der Waals surface area contributed by atoms with E-state index >= 15 is 0 Å². The molecule has 0 aromatic heterocycles. The molecule has 2 rings (SSSR count). The van der Waals surface area contributed by atoms with Crippen molar-refractivity contribution in [2.24, 2.45) is 4.99 Å². The molecule has 1 atom stereocenters.